The lowest BCUT2D eigenvalue weighted by atomic mass is 9.80. The van der Waals surface area contributed by atoms with E-state index >= 15 is 0 Å². The molecule has 1 saturated carbocycles. The zero-order chi connectivity index (χ0) is 12.6. The minimum atomic E-state index is 0.350. The number of hydrogen-bond acceptors (Lipinski definition) is 0. The van der Waals surface area contributed by atoms with Gasteiger partial charge in [-0.1, -0.05) is 73.0 Å². The molecule has 0 spiro atoms. The highest BCUT2D eigenvalue weighted by molar-refractivity contribution is 4.96. The topological polar surface area (TPSA) is 0 Å². The Morgan fingerprint density at radius 2 is 1.50 bits per heavy atom. The van der Waals surface area contributed by atoms with Gasteiger partial charge < -0.3 is 0 Å². The third kappa shape index (κ3) is 7.09. The minimum absolute atomic E-state index is 0.350. The molecule has 0 bridgehead atoms. The van der Waals surface area contributed by atoms with E-state index in [9.17, 15) is 0 Å². The van der Waals surface area contributed by atoms with E-state index in [0.29, 0.717) is 5.41 Å². The third-order valence-electron chi connectivity index (χ3n) is 3.29. The zero-order valence-electron chi connectivity index (χ0n) is 12.3. The molecule has 1 fully saturated rings. The molecule has 16 heavy (non-hydrogen) atoms. The molecule has 1 atom stereocenters. The summed E-state index contributed by atoms with van der Waals surface area (Å²) in [5.74, 6) is 1.75. The van der Waals surface area contributed by atoms with Crippen LogP contribution in [0.5, 0.6) is 0 Å². The van der Waals surface area contributed by atoms with E-state index < -0.39 is 0 Å². The molecule has 0 aromatic rings. The monoisotopic (exact) mass is 224 g/mol. The van der Waals surface area contributed by atoms with Crippen molar-refractivity contribution in [1.82, 2.24) is 0 Å². The molecule has 0 radical (unpaired) electrons. The van der Waals surface area contributed by atoms with Crippen LogP contribution in [-0.2, 0) is 0 Å². The maximum atomic E-state index is 2.44. The summed E-state index contributed by atoms with van der Waals surface area (Å²) in [6.07, 6.45) is 12.1. The average molecular weight is 224 g/mol. The molecule has 96 valence electrons. The second kappa shape index (κ2) is 7.92. The summed E-state index contributed by atoms with van der Waals surface area (Å²) < 4.78 is 0. The lowest BCUT2D eigenvalue weighted by molar-refractivity contribution is 0.298. The van der Waals surface area contributed by atoms with E-state index in [1.165, 1.54) is 32.1 Å². The second-order valence-corrected chi connectivity index (χ2v) is 5.98. The lowest BCUT2D eigenvalue weighted by Gasteiger charge is -2.26. The van der Waals surface area contributed by atoms with Gasteiger partial charge in [-0.25, -0.2) is 0 Å². The van der Waals surface area contributed by atoms with Crippen LogP contribution < -0.4 is 0 Å². The van der Waals surface area contributed by atoms with Gasteiger partial charge in [0.1, 0.15) is 0 Å². The van der Waals surface area contributed by atoms with Crippen molar-refractivity contribution < 1.29 is 0 Å². The molecule has 0 heterocycles. The smallest absolute Gasteiger partial charge is 0.0203 e. The largest absolute Gasteiger partial charge is 0.0849 e. The molecule has 1 aliphatic carbocycles. The SMILES string of the molecule is CC.CC(/C=C/C(C)(C)C)C1CCCCC1. The number of allylic oxidation sites excluding steroid dienone is 2. The maximum absolute atomic E-state index is 2.44. The minimum Gasteiger partial charge on any atom is -0.0849 e. The summed E-state index contributed by atoms with van der Waals surface area (Å²) >= 11 is 0. The van der Waals surface area contributed by atoms with Crippen molar-refractivity contribution in [2.24, 2.45) is 17.3 Å². The highest BCUT2D eigenvalue weighted by Crippen LogP contribution is 2.31. The van der Waals surface area contributed by atoms with Crippen LogP contribution in [0.4, 0.5) is 0 Å². The fourth-order valence-corrected chi connectivity index (χ4v) is 2.26. The molecule has 0 aliphatic heterocycles. The fourth-order valence-electron chi connectivity index (χ4n) is 2.26. The first kappa shape index (κ1) is 15.7. The first-order valence-electron chi connectivity index (χ1n) is 7.18. The normalized spacial score (nSPS) is 20.4. The molecule has 0 aromatic heterocycles. The van der Waals surface area contributed by atoms with Crippen LogP contribution in [0, 0.1) is 17.3 Å². The van der Waals surface area contributed by atoms with E-state index in [1.54, 1.807) is 0 Å². The van der Waals surface area contributed by atoms with Crippen LogP contribution in [0.2, 0.25) is 0 Å². The third-order valence-corrected chi connectivity index (χ3v) is 3.29. The van der Waals surface area contributed by atoms with Gasteiger partial charge in [0.25, 0.3) is 0 Å². The lowest BCUT2D eigenvalue weighted by Crippen LogP contribution is -2.14. The molecule has 1 rings (SSSR count). The Bertz CT molecular complexity index is 177. The molecule has 1 unspecified atom stereocenters. The average Bonchev–Trinajstić information content (AvgIpc) is 2.29. The number of hydrogen-bond donors (Lipinski definition) is 0. The van der Waals surface area contributed by atoms with Crippen LogP contribution >= 0.6 is 0 Å². The zero-order valence-corrected chi connectivity index (χ0v) is 12.3. The summed E-state index contributed by atoms with van der Waals surface area (Å²) in [5, 5.41) is 0. The van der Waals surface area contributed by atoms with Crippen molar-refractivity contribution in [1.29, 1.82) is 0 Å². The Balaban J connectivity index is 0.00000106. The van der Waals surface area contributed by atoms with Crippen LogP contribution in [0.15, 0.2) is 12.2 Å². The predicted octanol–water partition coefficient (Wildman–Crippen LogP) is 5.83. The summed E-state index contributed by atoms with van der Waals surface area (Å²) in [7, 11) is 0. The van der Waals surface area contributed by atoms with Gasteiger partial charge >= 0.3 is 0 Å². The van der Waals surface area contributed by atoms with Gasteiger partial charge in [0.2, 0.25) is 0 Å². The Labute approximate surface area is 104 Å². The Hall–Kier alpha value is -0.260. The van der Waals surface area contributed by atoms with E-state index in [1.807, 2.05) is 13.8 Å². The van der Waals surface area contributed by atoms with Gasteiger partial charge in [0.15, 0.2) is 0 Å². The van der Waals surface area contributed by atoms with Gasteiger partial charge in [0, 0.05) is 0 Å². The fraction of sp³-hybridized carbons (Fsp3) is 0.875. The highest BCUT2D eigenvalue weighted by atomic mass is 14.2. The molecule has 0 saturated heterocycles. The van der Waals surface area contributed by atoms with Gasteiger partial charge in [0.05, 0.1) is 0 Å². The Morgan fingerprint density at radius 3 is 1.94 bits per heavy atom. The molecule has 1 aliphatic rings. The first-order chi connectivity index (χ1) is 7.49. The van der Waals surface area contributed by atoms with E-state index in [-0.39, 0.29) is 0 Å². The van der Waals surface area contributed by atoms with Crippen LogP contribution in [0.3, 0.4) is 0 Å². The first-order valence-corrected chi connectivity index (χ1v) is 7.18. The van der Waals surface area contributed by atoms with E-state index in [2.05, 4.69) is 39.8 Å². The summed E-state index contributed by atoms with van der Waals surface area (Å²) in [5.41, 5.74) is 0.350. The quantitative estimate of drug-likeness (QED) is 0.518. The molecule has 0 amide bonds. The van der Waals surface area contributed by atoms with Crippen molar-refractivity contribution in [3.05, 3.63) is 12.2 Å². The second-order valence-electron chi connectivity index (χ2n) is 5.98. The molecule has 0 N–H and O–H groups in total. The summed E-state index contributed by atoms with van der Waals surface area (Å²) in [4.78, 5) is 0. The predicted molar refractivity (Wildman–Crippen MR) is 75.7 cm³/mol. The summed E-state index contributed by atoms with van der Waals surface area (Å²) in [6, 6.07) is 0. The standard InChI is InChI=1S/C14H26.C2H6/c1-12(10-11-14(2,3)4)13-8-6-5-7-9-13;1-2/h10-13H,5-9H2,1-4H3;1-2H3/b11-10+;. The van der Waals surface area contributed by atoms with Crippen LogP contribution in [0.1, 0.15) is 73.6 Å². The molecule has 0 aromatic carbocycles. The molecule has 0 heteroatoms. The maximum Gasteiger partial charge on any atom is -0.0203 e. The summed E-state index contributed by atoms with van der Waals surface area (Å²) in [6.45, 7) is 13.2. The molecular weight excluding hydrogens is 192 g/mol. The van der Waals surface area contributed by atoms with Crippen LogP contribution in [0.25, 0.3) is 0 Å². The Morgan fingerprint density at radius 1 is 1.00 bits per heavy atom. The van der Waals surface area contributed by atoms with Crippen LogP contribution in [-0.4, -0.2) is 0 Å². The van der Waals surface area contributed by atoms with Gasteiger partial charge in [-0.3, -0.25) is 0 Å². The Kier molecular flexibility index (Phi) is 7.80. The van der Waals surface area contributed by atoms with Crippen molar-refractivity contribution in [2.45, 2.75) is 73.6 Å². The number of rotatable bonds is 2. The van der Waals surface area contributed by atoms with Crippen molar-refractivity contribution in [3.8, 4) is 0 Å². The van der Waals surface area contributed by atoms with E-state index in [4.69, 9.17) is 0 Å². The van der Waals surface area contributed by atoms with Gasteiger partial charge in [-0.2, -0.15) is 0 Å². The van der Waals surface area contributed by atoms with Crippen molar-refractivity contribution >= 4 is 0 Å². The molecule has 0 nitrogen and oxygen atoms in total. The highest BCUT2D eigenvalue weighted by Gasteiger charge is 2.18. The van der Waals surface area contributed by atoms with Crippen molar-refractivity contribution in [3.63, 3.8) is 0 Å². The van der Waals surface area contributed by atoms with Crippen molar-refractivity contribution in [2.75, 3.05) is 0 Å². The molecular formula is C16H32. The van der Waals surface area contributed by atoms with Gasteiger partial charge in [-0.05, 0) is 30.1 Å². The van der Waals surface area contributed by atoms with E-state index in [0.717, 1.165) is 11.8 Å². The van der Waals surface area contributed by atoms with Gasteiger partial charge in [-0.15, -0.1) is 0 Å².